The highest BCUT2D eigenvalue weighted by Gasteiger charge is 2.27. The van der Waals surface area contributed by atoms with E-state index in [0.29, 0.717) is 18.6 Å². The fraction of sp³-hybridized carbons (Fsp3) is 0.789. The number of carbonyl (C=O) groups excluding carboxylic acids is 3. The lowest BCUT2D eigenvalue weighted by molar-refractivity contribution is -0.142. The minimum atomic E-state index is -1.12. The van der Waals surface area contributed by atoms with Crippen LogP contribution < -0.4 is 21.7 Å². The predicted octanol–water partition coefficient (Wildman–Crippen LogP) is 0.329. The lowest BCUT2D eigenvalue weighted by Crippen LogP contribution is -2.54. The normalized spacial score (nSPS) is 14.2. The van der Waals surface area contributed by atoms with E-state index in [1.807, 2.05) is 34.0 Å². The van der Waals surface area contributed by atoms with Crippen molar-refractivity contribution in [3.63, 3.8) is 0 Å². The zero-order valence-corrected chi connectivity index (χ0v) is 18.8. The molecule has 0 aliphatic rings. The van der Waals surface area contributed by atoms with Crippen molar-refractivity contribution in [2.45, 2.75) is 65.1 Å². The van der Waals surface area contributed by atoms with E-state index in [4.69, 9.17) is 5.73 Å². The van der Waals surface area contributed by atoms with E-state index in [0.717, 1.165) is 0 Å². The third-order valence-corrected chi connectivity index (χ3v) is 4.71. The minimum Gasteiger partial charge on any atom is -0.480 e. The Bertz CT molecular complexity index is 557. The quantitative estimate of drug-likeness (QED) is 0.265. The maximum absolute atomic E-state index is 12.5. The summed E-state index contributed by atoms with van der Waals surface area (Å²) >= 11 is 1.50. The molecule has 6 N–H and O–H groups in total. The second-order valence-corrected chi connectivity index (χ2v) is 8.87. The van der Waals surface area contributed by atoms with Crippen LogP contribution in [0.2, 0.25) is 0 Å². The fourth-order valence-corrected chi connectivity index (χ4v) is 3.10. The van der Waals surface area contributed by atoms with Gasteiger partial charge in [0.2, 0.25) is 17.7 Å². The number of hydrogen-bond acceptors (Lipinski definition) is 6. The molecular formula is C19H36N4O5S. The number of hydrogen-bond donors (Lipinski definition) is 5. The van der Waals surface area contributed by atoms with Gasteiger partial charge in [-0.1, -0.05) is 27.7 Å². The van der Waals surface area contributed by atoms with Crippen LogP contribution in [0.4, 0.5) is 0 Å². The SMILES string of the molecule is CSCCC(NC(=O)CNC(=O)C(N)CC(C)C)C(=O)NC(CC(C)C)C(=O)O. The number of thioether (sulfide) groups is 1. The monoisotopic (exact) mass is 432 g/mol. The molecule has 9 nitrogen and oxygen atoms in total. The molecule has 0 bridgehead atoms. The summed E-state index contributed by atoms with van der Waals surface area (Å²) in [4.78, 5) is 48.1. The van der Waals surface area contributed by atoms with Gasteiger partial charge in [-0.15, -0.1) is 0 Å². The Labute approximate surface area is 177 Å². The van der Waals surface area contributed by atoms with E-state index in [1.165, 1.54) is 11.8 Å². The van der Waals surface area contributed by atoms with E-state index in [1.54, 1.807) is 0 Å². The van der Waals surface area contributed by atoms with Gasteiger partial charge < -0.3 is 26.8 Å². The van der Waals surface area contributed by atoms with Gasteiger partial charge in [0.1, 0.15) is 12.1 Å². The van der Waals surface area contributed by atoms with Gasteiger partial charge in [0.25, 0.3) is 0 Å². The van der Waals surface area contributed by atoms with Gasteiger partial charge in [0, 0.05) is 0 Å². The van der Waals surface area contributed by atoms with E-state index in [9.17, 15) is 24.3 Å². The number of nitrogens with one attached hydrogen (secondary N) is 3. The first-order chi connectivity index (χ1) is 13.5. The molecule has 0 heterocycles. The van der Waals surface area contributed by atoms with Crippen molar-refractivity contribution in [2.24, 2.45) is 17.6 Å². The molecule has 10 heteroatoms. The second kappa shape index (κ2) is 14.2. The van der Waals surface area contributed by atoms with Gasteiger partial charge in [-0.05, 0) is 43.1 Å². The lowest BCUT2D eigenvalue weighted by atomic mass is 10.0. The third-order valence-electron chi connectivity index (χ3n) is 4.07. The van der Waals surface area contributed by atoms with Crippen LogP contribution in [0.25, 0.3) is 0 Å². The van der Waals surface area contributed by atoms with Gasteiger partial charge in [0.15, 0.2) is 0 Å². The first-order valence-electron chi connectivity index (χ1n) is 9.82. The molecule has 0 radical (unpaired) electrons. The van der Waals surface area contributed by atoms with Crippen molar-refractivity contribution in [1.29, 1.82) is 0 Å². The molecule has 0 rings (SSSR count). The van der Waals surface area contributed by atoms with Crippen LogP contribution in [0.5, 0.6) is 0 Å². The van der Waals surface area contributed by atoms with Gasteiger partial charge in [-0.2, -0.15) is 11.8 Å². The Kier molecular flexibility index (Phi) is 13.3. The number of amides is 3. The highest BCUT2D eigenvalue weighted by atomic mass is 32.2. The van der Waals surface area contributed by atoms with Crippen molar-refractivity contribution < 1.29 is 24.3 Å². The van der Waals surface area contributed by atoms with Gasteiger partial charge in [-0.3, -0.25) is 14.4 Å². The molecule has 168 valence electrons. The van der Waals surface area contributed by atoms with E-state index in [-0.39, 0.29) is 24.8 Å². The molecule has 29 heavy (non-hydrogen) atoms. The Morgan fingerprint density at radius 2 is 1.52 bits per heavy atom. The smallest absolute Gasteiger partial charge is 0.326 e. The van der Waals surface area contributed by atoms with Crippen LogP contribution in [-0.4, -0.2) is 65.5 Å². The zero-order valence-electron chi connectivity index (χ0n) is 18.0. The number of aliphatic carboxylic acids is 1. The summed E-state index contributed by atoms with van der Waals surface area (Å²) in [5.74, 6) is -1.70. The molecule has 0 spiro atoms. The Morgan fingerprint density at radius 1 is 0.931 bits per heavy atom. The predicted molar refractivity (Wildman–Crippen MR) is 114 cm³/mol. The van der Waals surface area contributed by atoms with Gasteiger partial charge >= 0.3 is 5.97 Å². The summed E-state index contributed by atoms with van der Waals surface area (Å²) in [5, 5.41) is 16.8. The molecule has 0 aromatic carbocycles. The average Bonchev–Trinajstić information content (AvgIpc) is 2.61. The molecule has 0 aromatic rings. The number of carboxylic acid groups (broad SMARTS) is 1. The Hall–Kier alpha value is -1.81. The molecular weight excluding hydrogens is 396 g/mol. The standard InChI is InChI=1S/C19H36N4O5S/c1-11(2)8-13(20)17(25)21-10-16(24)22-14(6-7-29-5)18(26)23-15(19(27)28)9-12(3)4/h11-15H,6-10,20H2,1-5H3,(H,21,25)(H,22,24)(H,23,26)(H,27,28). The van der Waals surface area contributed by atoms with Crippen LogP contribution in [0.1, 0.15) is 47.0 Å². The van der Waals surface area contributed by atoms with Crippen molar-refractivity contribution in [1.82, 2.24) is 16.0 Å². The van der Waals surface area contributed by atoms with Crippen LogP contribution in [-0.2, 0) is 19.2 Å². The fourth-order valence-electron chi connectivity index (χ4n) is 2.63. The largest absolute Gasteiger partial charge is 0.480 e. The van der Waals surface area contributed by atoms with Gasteiger partial charge in [0.05, 0.1) is 12.6 Å². The van der Waals surface area contributed by atoms with Crippen LogP contribution in [0, 0.1) is 11.8 Å². The summed E-state index contributed by atoms with van der Waals surface area (Å²) in [7, 11) is 0. The maximum Gasteiger partial charge on any atom is 0.326 e. The molecule has 0 aliphatic heterocycles. The topological polar surface area (TPSA) is 151 Å². The molecule has 3 atom stereocenters. The first-order valence-corrected chi connectivity index (χ1v) is 11.2. The average molecular weight is 433 g/mol. The highest BCUT2D eigenvalue weighted by Crippen LogP contribution is 2.07. The number of carbonyl (C=O) groups is 4. The number of rotatable bonds is 14. The molecule has 0 aliphatic carbocycles. The van der Waals surface area contributed by atoms with Crippen LogP contribution in [0.15, 0.2) is 0 Å². The van der Waals surface area contributed by atoms with E-state index < -0.39 is 41.8 Å². The summed E-state index contributed by atoms with van der Waals surface area (Å²) in [6, 6.07) is -2.61. The molecule has 0 fully saturated rings. The van der Waals surface area contributed by atoms with Crippen LogP contribution >= 0.6 is 11.8 Å². The van der Waals surface area contributed by atoms with Crippen molar-refractivity contribution in [2.75, 3.05) is 18.6 Å². The zero-order chi connectivity index (χ0) is 22.6. The Balaban J connectivity index is 4.83. The first kappa shape index (κ1) is 27.2. The number of nitrogens with two attached hydrogens (primary N) is 1. The number of carboxylic acids is 1. The van der Waals surface area contributed by atoms with Crippen molar-refractivity contribution in [3.05, 3.63) is 0 Å². The van der Waals surface area contributed by atoms with Crippen molar-refractivity contribution >= 4 is 35.5 Å². The molecule has 3 unspecified atom stereocenters. The molecule has 3 amide bonds. The molecule has 0 saturated carbocycles. The maximum atomic E-state index is 12.5. The van der Waals surface area contributed by atoms with Crippen molar-refractivity contribution in [3.8, 4) is 0 Å². The van der Waals surface area contributed by atoms with E-state index in [2.05, 4.69) is 16.0 Å². The second-order valence-electron chi connectivity index (χ2n) is 7.88. The summed E-state index contributed by atoms with van der Waals surface area (Å²) in [6.07, 6.45) is 2.99. The molecule has 0 aromatic heterocycles. The van der Waals surface area contributed by atoms with E-state index >= 15 is 0 Å². The van der Waals surface area contributed by atoms with Gasteiger partial charge in [-0.25, -0.2) is 4.79 Å². The summed E-state index contributed by atoms with van der Waals surface area (Å²) in [6.45, 7) is 7.31. The lowest BCUT2D eigenvalue weighted by Gasteiger charge is -2.22. The third kappa shape index (κ3) is 12.4. The Morgan fingerprint density at radius 3 is 2.00 bits per heavy atom. The summed E-state index contributed by atoms with van der Waals surface area (Å²) in [5.41, 5.74) is 5.78. The minimum absolute atomic E-state index is 0.0842. The van der Waals surface area contributed by atoms with Crippen LogP contribution in [0.3, 0.4) is 0 Å². The summed E-state index contributed by atoms with van der Waals surface area (Å²) < 4.78 is 0. The highest BCUT2D eigenvalue weighted by molar-refractivity contribution is 7.98. The molecule has 0 saturated heterocycles.